The number of carbonyl (C=O) groups is 1. The Balaban J connectivity index is 2.18. The Labute approximate surface area is 119 Å². The van der Waals surface area contributed by atoms with Gasteiger partial charge in [-0.1, -0.05) is 6.07 Å². The topological polar surface area (TPSA) is 66.4 Å². The maximum atomic E-state index is 11.6. The largest absolute Gasteiger partial charge is 0.463 e. The first-order valence-corrected chi connectivity index (χ1v) is 6.75. The summed E-state index contributed by atoms with van der Waals surface area (Å²) >= 11 is 0. The molecule has 0 saturated carbocycles. The molecule has 1 aliphatic heterocycles. The minimum Gasteiger partial charge on any atom is -0.463 e. The first kappa shape index (κ1) is 15.0. The standard InChI is InChI=1S/C15H22N2O3/c1-15(2)19-9-11-7-10(5-6-13(11)20-15)8-12(14(16)18)17(3)4/h5-7,12H,8-9H2,1-4H3,(H2,16,18)/p+1. The Bertz CT molecular complexity index is 512. The van der Waals surface area contributed by atoms with E-state index in [-0.39, 0.29) is 11.9 Å². The second-order valence-electron chi connectivity index (χ2n) is 5.88. The average Bonchev–Trinajstić information content (AvgIpc) is 2.34. The van der Waals surface area contributed by atoms with Crippen LogP contribution in [0.25, 0.3) is 0 Å². The van der Waals surface area contributed by atoms with Gasteiger partial charge in [0.25, 0.3) is 0 Å². The van der Waals surface area contributed by atoms with Gasteiger partial charge in [0.15, 0.2) is 0 Å². The Morgan fingerprint density at radius 1 is 1.45 bits per heavy atom. The number of hydrogen-bond donors (Lipinski definition) is 1. The number of amides is 1. The summed E-state index contributed by atoms with van der Waals surface area (Å²) < 4.78 is 11.4. The van der Waals surface area contributed by atoms with Crippen molar-refractivity contribution in [1.82, 2.24) is 4.90 Å². The van der Waals surface area contributed by atoms with Gasteiger partial charge in [-0.3, -0.25) is 10.6 Å². The van der Waals surface area contributed by atoms with Crippen LogP contribution in [0.5, 0.6) is 5.75 Å². The predicted octanol–water partition coefficient (Wildman–Crippen LogP) is 0.573. The lowest BCUT2D eigenvalue weighted by Crippen LogP contribution is -2.65. The van der Waals surface area contributed by atoms with E-state index in [9.17, 15) is 4.79 Å². The highest BCUT2D eigenvalue weighted by atomic mass is 16.7. The molecule has 0 bridgehead atoms. The molecule has 1 amide bonds. The Hall–Kier alpha value is -1.43. The third-order valence-electron chi connectivity index (χ3n) is 3.48. The normalized spacial score (nSPS) is 18.3. The van der Waals surface area contributed by atoms with Gasteiger partial charge in [0, 0.05) is 25.8 Å². The van der Waals surface area contributed by atoms with E-state index in [1.165, 1.54) is 0 Å². The smallest absolute Gasteiger partial charge is 0.326 e. The molecule has 110 valence electrons. The van der Waals surface area contributed by atoms with Crippen molar-refractivity contribution in [3.05, 3.63) is 29.3 Å². The number of quaternary nitrogens is 1. The molecule has 2 rings (SSSR count). The molecular formula is C15H23N2O3+. The summed E-state index contributed by atoms with van der Waals surface area (Å²) in [7, 11) is 3.78. The Morgan fingerprint density at radius 2 is 2.15 bits per heavy atom. The Morgan fingerprint density at radius 3 is 2.75 bits per heavy atom. The van der Waals surface area contributed by atoms with E-state index in [1.54, 1.807) is 0 Å². The third kappa shape index (κ3) is 3.36. The van der Waals surface area contributed by atoms with Crippen molar-refractivity contribution >= 4 is 5.91 Å². The average molecular weight is 279 g/mol. The summed E-state index contributed by atoms with van der Waals surface area (Å²) in [6.07, 6.45) is 0.645. The molecule has 0 fully saturated rings. The van der Waals surface area contributed by atoms with Crippen molar-refractivity contribution in [2.45, 2.75) is 38.7 Å². The monoisotopic (exact) mass is 279 g/mol. The van der Waals surface area contributed by atoms with Gasteiger partial charge in [-0.15, -0.1) is 0 Å². The quantitative estimate of drug-likeness (QED) is 0.875. The van der Waals surface area contributed by atoms with Crippen LogP contribution in [0, 0.1) is 0 Å². The summed E-state index contributed by atoms with van der Waals surface area (Å²) in [5, 5.41) is 0. The molecule has 1 aromatic carbocycles. The summed E-state index contributed by atoms with van der Waals surface area (Å²) in [5.41, 5.74) is 5.65. The van der Waals surface area contributed by atoms with Crippen LogP contribution < -0.4 is 10.5 Å². The van der Waals surface area contributed by atoms with Crippen molar-refractivity contribution < 1.29 is 20.0 Å². The van der Waals surface area contributed by atoms with Crippen molar-refractivity contribution in [1.29, 1.82) is 0 Å². The molecule has 5 nitrogen and oxygen atoms in total. The number of fused-ring (bicyclic) bond motifs is 1. The van der Waals surface area contributed by atoms with Crippen molar-refractivity contribution in [3.8, 4) is 5.75 Å². The number of carbonyl (C=O) groups excluding carboxylic acids is 1. The highest BCUT2D eigenvalue weighted by molar-refractivity contribution is 5.71. The van der Waals surface area contributed by atoms with Gasteiger partial charge in [-0.05, 0) is 31.8 Å². The van der Waals surface area contributed by atoms with Gasteiger partial charge in [0.2, 0.25) is 5.79 Å². The van der Waals surface area contributed by atoms with Gasteiger partial charge in [-0.25, -0.2) is 4.79 Å². The zero-order valence-electron chi connectivity index (χ0n) is 12.6. The van der Waals surface area contributed by atoms with Crippen LogP contribution in [0.1, 0.15) is 25.0 Å². The molecule has 0 aliphatic carbocycles. The molecule has 1 heterocycles. The summed E-state index contributed by atoms with van der Waals surface area (Å²) in [5.74, 6) is 0.206. The van der Waals surface area contributed by atoms with Crippen LogP contribution in [-0.2, 0) is 22.6 Å². The van der Waals surface area contributed by atoms with Gasteiger partial charge in [0.05, 0.1) is 6.61 Å². The van der Waals surface area contributed by atoms with Crippen LogP contribution in [0.2, 0.25) is 0 Å². The van der Waals surface area contributed by atoms with E-state index in [2.05, 4.69) is 5.73 Å². The zero-order valence-corrected chi connectivity index (χ0v) is 12.6. The molecule has 5 heteroatoms. The number of rotatable bonds is 4. The lowest BCUT2D eigenvalue weighted by atomic mass is 10.0. The van der Waals surface area contributed by atoms with Crippen LogP contribution >= 0.6 is 0 Å². The fourth-order valence-corrected chi connectivity index (χ4v) is 2.33. The zero-order chi connectivity index (χ0) is 14.9. The minimum atomic E-state index is -0.579. The summed E-state index contributed by atoms with van der Waals surface area (Å²) in [6.45, 7) is 4.32. The van der Waals surface area contributed by atoms with Gasteiger partial charge < -0.3 is 9.47 Å². The van der Waals surface area contributed by atoms with E-state index < -0.39 is 5.79 Å². The van der Waals surface area contributed by atoms with E-state index in [1.807, 2.05) is 51.0 Å². The van der Waals surface area contributed by atoms with Crippen molar-refractivity contribution in [2.24, 2.45) is 0 Å². The highest BCUT2D eigenvalue weighted by Crippen LogP contribution is 2.31. The summed E-state index contributed by atoms with van der Waals surface area (Å²) in [4.78, 5) is 13.5. The minimum absolute atomic E-state index is 0.0682. The maximum Gasteiger partial charge on any atom is 0.326 e. The molecule has 1 unspecified atom stereocenters. The van der Waals surface area contributed by atoms with Gasteiger partial charge in [-0.2, -0.15) is 0 Å². The Kier molecular flexibility index (Phi) is 4.13. The second-order valence-corrected chi connectivity index (χ2v) is 5.88. The number of nitrogens with zero attached hydrogens (tertiary/aromatic N) is 1. The lowest BCUT2D eigenvalue weighted by molar-refractivity contribution is -0.311. The van der Waals surface area contributed by atoms with Crippen LogP contribution in [0.15, 0.2) is 18.2 Å². The third-order valence-corrected chi connectivity index (χ3v) is 3.48. The van der Waals surface area contributed by atoms with E-state index in [0.717, 1.165) is 16.9 Å². The number of ether oxygens (including phenoxy) is 2. The van der Waals surface area contributed by atoms with Crippen LogP contribution in [0.4, 0.5) is 0 Å². The molecule has 0 saturated heterocycles. The van der Waals surface area contributed by atoms with E-state index in [0.29, 0.717) is 13.0 Å². The molecule has 20 heavy (non-hydrogen) atoms. The van der Waals surface area contributed by atoms with Crippen LogP contribution in [-0.4, -0.2) is 36.7 Å². The fraction of sp³-hybridized carbons (Fsp3) is 0.533. The molecule has 0 spiro atoms. The van der Waals surface area contributed by atoms with Gasteiger partial charge >= 0.3 is 5.91 Å². The molecule has 1 aromatic rings. The SMILES string of the molecule is CN(C)C(Cc1ccc2c(c1)COC(C)(C)O2)C([NH3+])=O. The first-order valence-electron chi connectivity index (χ1n) is 6.75. The highest BCUT2D eigenvalue weighted by Gasteiger charge is 2.28. The van der Waals surface area contributed by atoms with Gasteiger partial charge in [0.1, 0.15) is 11.8 Å². The fourth-order valence-electron chi connectivity index (χ4n) is 2.33. The van der Waals surface area contributed by atoms with E-state index >= 15 is 0 Å². The molecular weight excluding hydrogens is 256 g/mol. The molecule has 0 radical (unpaired) electrons. The maximum absolute atomic E-state index is 11.6. The second kappa shape index (κ2) is 5.52. The first-order chi connectivity index (χ1) is 9.28. The predicted molar refractivity (Wildman–Crippen MR) is 75.0 cm³/mol. The number of likely N-dealkylation sites (N-methyl/N-ethyl adjacent to an activating group) is 1. The molecule has 1 atom stereocenters. The molecule has 1 aliphatic rings. The molecule has 0 aromatic heterocycles. The van der Waals surface area contributed by atoms with Crippen LogP contribution in [0.3, 0.4) is 0 Å². The number of hydrogen-bond acceptors (Lipinski definition) is 4. The number of benzene rings is 1. The van der Waals surface area contributed by atoms with Crippen molar-refractivity contribution in [2.75, 3.05) is 14.1 Å². The summed E-state index contributed by atoms with van der Waals surface area (Å²) in [6, 6.07) is 5.80. The molecule has 3 N–H and O–H groups in total. The van der Waals surface area contributed by atoms with E-state index in [4.69, 9.17) is 9.47 Å². The lowest BCUT2D eigenvalue weighted by Gasteiger charge is -2.32. The van der Waals surface area contributed by atoms with Crippen molar-refractivity contribution in [3.63, 3.8) is 0 Å².